The van der Waals surface area contributed by atoms with Crippen molar-refractivity contribution in [1.82, 2.24) is 9.97 Å². The van der Waals surface area contributed by atoms with E-state index in [1.807, 2.05) is 37.3 Å². The highest BCUT2D eigenvalue weighted by atomic mass is 35.5. The Hall–Kier alpha value is -3.29. The van der Waals surface area contributed by atoms with E-state index in [1.54, 1.807) is 35.4 Å². The van der Waals surface area contributed by atoms with Gasteiger partial charge in [0.1, 0.15) is 0 Å². The molecule has 0 unspecified atom stereocenters. The third-order valence-electron chi connectivity index (χ3n) is 4.76. The Kier molecular flexibility index (Phi) is 5.97. The molecule has 4 aromatic rings. The molecule has 8 heteroatoms. The first-order valence-electron chi connectivity index (χ1n) is 9.43. The number of methoxy groups -OCH3 is 1. The monoisotopic (exact) mass is 451 g/mol. The molecule has 0 radical (unpaired) electrons. The lowest BCUT2D eigenvalue weighted by Crippen LogP contribution is -2.30. The second kappa shape index (κ2) is 8.83. The standard InChI is InChI=1S/C23H18ClN3O3S/c1-14-6-11-18(24)20-19(14)26-23(31-20)27(13-17-5-3-4-12-25-17)21(28)15-7-9-16(10-8-15)22(29)30-2/h3-12H,13H2,1-2H3. The molecule has 4 rings (SSSR count). The number of amides is 1. The first-order chi connectivity index (χ1) is 15.0. The van der Waals surface area contributed by atoms with Gasteiger partial charge in [0.15, 0.2) is 5.13 Å². The molecule has 0 fully saturated rings. The molecule has 0 saturated heterocycles. The number of carbonyl (C=O) groups is 2. The average Bonchev–Trinajstić information content (AvgIpc) is 3.26. The van der Waals surface area contributed by atoms with Gasteiger partial charge in [0, 0.05) is 11.8 Å². The Balaban J connectivity index is 1.76. The van der Waals surface area contributed by atoms with E-state index in [0.717, 1.165) is 21.5 Å². The minimum absolute atomic E-state index is 0.245. The number of carbonyl (C=O) groups excluding carboxylic acids is 2. The Bertz CT molecular complexity index is 1220. The lowest BCUT2D eigenvalue weighted by molar-refractivity contribution is 0.0600. The van der Waals surface area contributed by atoms with Gasteiger partial charge in [-0.2, -0.15) is 0 Å². The highest BCUT2D eigenvalue weighted by molar-refractivity contribution is 7.23. The number of thiazole rings is 1. The third kappa shape index (κ3) is 4.28. The second-order valence-electron chi connectivity index (χ2n) is 6.82. The van der Waals surface area contributed by atoms with Crippen molar-refractivity contribution >= 4 is 50.2 Å². The Morgan fingerprint density at radius 3 is 2.45 bits per heavy atom. The Labute approximate surface area is 188 Å². The van der Waals surface area contributed by atoms with Crippen molar-refractivity contribution < 1.29 is 14.3 Å². The fraction of sp³-hybridized carbons (Fsp3) is 0.130. The largest absolute Gasteiger partial charge is 0.465 e. The summed E-state index contributed by atoms with van der Waals surface area (Å²) in [5.41, 5.74) is 3.27. The Morgan fingerprint density at radius 2 is 1.81 bits per heavy atom. The molecule has 0 spiro atoms. The molecule has 0 aliphatic heterocycles. The lowest BCUT2D eigenvalue weighted by atomic mass is 10.1. The van der Waals surface area contributed by atoms with Gasteiger partial charge in [-0.25, -0.2) is 9.78 Å². The zero-order chi connectivity index (χ0) is 22.0. The van der Waals surface area contributed by atoms with Gasteiger partial charge in [0.05, 0.1) is 40.2 Å². The van der Waals surface area contributed by atoms with Gasteiger partial charge >= 0.3 is 5.97 Å². The number of benzene rings is 2. The summed E-state index contributed by atoms with van der Waals surface area (Å²) in [7, 11) is 1.32. The van der Waals surface area contributed by atoms with E-state index >= 15 is 0 Å². The number of rotatable bonds is 5. The number of pyridine rings is 1. The number of aryl methyl sites for hydroxylation is 1. The maximum atomic E-state index is 13.5. The van der Waals surface area contributed by atoms with Gasteiger partial charge in [-0.3, -0.25) is 14.7 Å². The summed E-state index contributed by atoms with van der Waals surface area (Å²) in [5.74, 6) is -0.712. The molecule has 0 atom stereocenters. The first-order valence-corrected chi connectivity index (χ1v) is 10.6. The molecule has 2 aromatic carbocycles. The van der Waals surface area contributed by atoms with Gasteiger partial charge in [-0.05, 0) is 55.0 Å². The lowest BCUT2D eigenvalue weighted by Gasteiger charge is -2.19. The van der Waals surface area contributed by atoms with Crippen LogP contribution in [0.1, 0.15) is 32.0 Å². The minimum Gasteiger partial charge on any atom is -0.465 e. The average molecular weight is 452 g/mol. The molecule has 0 aliphatic carbocycles. The minimum atomic E-state index is -0.458. The molecule has 2 heterocycles. The summed E-state index contributed by atoms with van der Waals surface area (Å²) in [6, 6.07) is 15.6. The molecule has 0 N–H and O–H groups in total. The molecule has 6 nitrogen and oxygen atoms in total. The number of anilines is 1. The van der Waals surface area contributed by atoms with Crippen LogP contribution >= 0.6 is 22.9 Å². The van der Waals surface area contributed by atoms with Crippen LogP contribution in [0, 0.1) is 6.92 Å². The molecular weight excluding hydrogens is 434 g/mol. The number of hydrogen-bond donors (Lipinski definition) is 0. The van der Waals surface area contributed by atoms with E-state index in [4.69, 9.17) is 21.3 Å². The van der Waals surface area contributed by atoms with Crippen LogP contribution in [-0.2, 0) is 11.3 Å². The van der Waals surface area contributed by atoms with Crippen molar-refractivity contribution in [3.63, 3.8) is 0 Å². The van der Waals surface area contributed by atoms with Crippen LogP contribution in [0.4, 0.5) is 5.13 Å². The highest BCUT2D eigenvalue weighted by Crippen LogP contribution is 2.36. The number of hydrogen-bond acceptors (Lipinski definition) is 6. The van der Waals surface area contributed by atoms with E-state index in [9.17, 15) is 9.59 Å². The summed E-state index contributed by atoms with van der Waals surface area (Å²) >= 11 is 7.74. The van der Waals surface area contributed by atoms with Gasteiger partial charge in [0.25, 0.3) is 5.91 Å². The van der Waals surface area contributed by atoms with Crippen molar-refractivity contribution in [1.29, 1.82) is 0 Å². The van der Waals surface area contributed by atoms with Crippen LogP contribution in [0.5, 0.6) is 0 Å². The molecule has 0 bridgehead atoms. The van der Waals surface area contributed by atoms with E-state index < -0.39 is 5.97 Å². The maximum absolute atomic E-state index is 13.5. The molecule has 2 aromatic heterocycles. The van der Waals surface area contributed by atoms with E-state index in [0.29, 0.717) is 21.3 Å². The zero-order valence-electron chi connectivity index (χ0n) is 16.8. The number of fused-ring (bicyclic) bond motifs is 1. The number of ether oxygens (including phenoxy) is 1. The van der Waals surface area contributed by atoms with Crippen molar-refractivity contribution in [2.45, 2.75) is 13.5 Å². The smallest absolute Gasteiger partial charge is 0.337 e. The third-order valence-corrected chi connectivity index (χ3v) is 6.30. The molecule has 1 amide bonds. The van der Waals surface area contributed by atoms with Crippen LogP contribution in [0.15, 0.2) is 60.8 Å². The first kappa shape index (κ1) is 21.0. The SMILES string of the molecule is COC(=O)c1ccc(C(=O)N(Cc2ccccn2)c2nc3c(C)ccc(Cl)c3s2)cc1. The van der Waals surface area contributed by atoms with Crippen molar-refractivity contribution in [3.05, 3.63) is 88.2 Å². The van der Waals surface area contributed by atoms with Gasteiger partial charge in [-0.15, -0.1) is 0 Å². The van der Waals surface area contributed by atoms with Gasteiger partial charge in [-0.1, -0.05) is 35.1 Å². The van der Waals surface area contributed by atoms with Gasteiger partial charge < -0.3 is 4.74 Å². The molecule has 31 heavy (non-hydrogen) atoms. The summed E-state index contributed by atoms with van der Waals surface area (Å²) < 4.78 is 5.56. The maximum Gasteiger partial charge on any atom is 0.337 e. The van der Waals surface area contributed by atoms with E-state index in [1.165, 1.54) is 18.4 Å². The van der Waals surface area contributed by atoms with Gasteiger partial charge in [0.2, 0.25) is 0 Å². The number of nitrogens with zero attached hydrogens (tertiary/aromatic N) is 3. The topological polar surface area (TPSA) is 72.4 Å². The van der Waals surface area contributed by atoms with Crippen LogP contribution in [0.3, 0.4) is 0 Å². The van der Waals surface area contributed by atoms with Crippen LogP contribution in [0.25, 0.3) is 10.2 Å². The fourth-order valence-corrected chi connectivity index (χ4v) is 4.42. The molecule has 0 saturated carbocycles. The normalized spacial score (nSPS) is 10.8. The summed E-state index contributed by atoms with van der Waals surface area (Å²) in [6.07, 6.45) is 1.68. The predicted molar refractivity (Wildman–Crippen MR) is 122 cm³/mol. The van der Waals surface area contributed by atoms with Crippen molar-refractivity contribution in [2.75, 3.05) is 12.0 Å². The van der Waals surface area contributed by atoms with Crippen LogP contribution in [0.2, 0.25) is 5.02 Å². The zero-order valence-corrected chi connectivity index (χ0v) is 18.4. The highest BCUT2D eigenvalue weighted by Gasteiger charge is 2.23. The van der Waals surface area contributed by atoms with Crippen molar-refractivity contribution in [3.8, 4) is 0 Å². The van der Waals surface area contributed by atoms with Crippen LogP contribution < -0.4 is 4.90 Å². The number of aromatic nitrogens is 2. The fourth-order valence-electron chi connectivity index (χ4n) is 3.11. The van der Waals surface area contributed by atoms with E-state index in [-0.39, 0.29) is 12.5 Å². The molecule has 0 aliphatic rings. The summed E-state index contributed by atoms with van der Waals surface area (Å²) in [5, 5.41) is 1.12. The van der Waals surface area contributed by atoms with Crippen molar-refractivity contribution in [2.24, 2.45) is 0 Å². The number of halogens is 1. The number of esters is 1. The quantitative estimate of drug-likeness (QED) is 0.385. The van der Waals surface area contributed by atoms with E-state index in [2.05, 4.69) is 4.98 Å². The Morgan fingerprint density at radius 1 is 1.06 bits per heavy atom. The summed E-state index contributed by atoms with van der Waals surface area (Å²) in [4.78, 5) is 35.8. The second-order valence-corrected chi connectivity index (χ2v) is 8.20. The van der Waals surface area contributed by atoms with Crippen LogP contribution in [-0.4, -0.2) is 29.0 Å². The molecule has 156 valence electrons. The predicted octanol–water partition coefficient (Wildman–Crippen LogP) is 5.29. The summed E-state index contributed by atoms with van der Waals surface area (Å²) in [6.45, 7) is 2.20. The molecular formula is C23H18ClN3O3S.